The molecule has 0 radical (unpaired) electrons. The minimum atomic E-state index is -0.0285. The zero-order valence-corrected chi connectivity index (χ0v) is 18.4. The molecule has 1 aliphatic heterocycles. The van der Waals surface area contributed by atoms with E-state index >= 15 is 0 Å². The normalized spacial score (nSPS) is 19.9. The summed E-state index contributed by atoms with van der Waals surface area (Å²) >= 11 is 0. The summed E-state index contributed by atoms with van der Waals surface area (Å²) in [4.78, 5) is 9.26. The molecular weight excluding hydrogens is 386 g/mol. The van der Waals surface area contributed by atoms with Crippen molar-refractivity contribution in [3.8, 4) is 5.75 Å². The first kappa shape index (κ1) is 19.9. The molecule has 2 aromatic heterocycles. The Kier molecular flexibility index (Phi) is 5.30. The van der Waals surface area contributed by atoms with Gasteiger partial charge in [0.05, 0.1) is 11.7 Å². The number of aliphatic imine (C=N–C) groups is 1. The predicted octanol–water partition coefficient (Wildman–Crippen LogP) is 4.19. The van der Waals surface area contributed by atoms with Crippen molar-refractivity contribution in [2.24, 2.45) is 4.99 Å². The molecule has 1 atom stereocenters. The van der Waals surface area contributed by atoms with E-state index in [-0.39, 0.29) is 11.6 Å². The van der Waals surface area contributed by atoms with Crippen molar-refractivity contribution in [1.29, 1.82) is 0 Å². The first-order valence-electron chi connectivity index (χ1n) is 11.3. The lowest BCUT2D eigenvalue weighted by molar-refractivity contribution is 0.0396. The molecule has 5 rings (SSSR count). The first-order valence-corrected chi connectivity index (χ1v) is 11.3. The minimum Gasteiger partial charge on any atom is -0.487 e. The van der Waals surface area contributed by atoms with Crippen LogP contribution >= 0.6 is 0 Å². The Morgan fingerprint density at radius 3 is 2.87 bits per heavy atom. The van der Waals surface area contributed by atoms with E-state index in [1.165, 1.54) is 24.0 Å². The van der Waals surface area contributed by atoms with E-state index in [4.69, 9.17) is 9.72 Å². The van der Waals surface area contributed by atoms with Crippen LogP contribution in [0.25, 0.3) is 5.65 Å². The lowest BCUT2D eigenvalue weighted by Gasteiger charge is -2.40. The average Bonchev–Trinajstić information content (AvgIpc) is 3.40. The molecule has 0 amide bonds. The summed E-state index contributed by atoms with van der Waals surface area (Å²) in [5.41, 5.74) is 4.50. The van der Waals surface area contributed by atoms with Gasteiger partial charge in [0.15, 0.2) is 5.96 Å². The van der Waals surface area contributed by atoms with Crippen LogP contribution < -0.4 is 15.4 Å². The van der Waals surface area contributed by atoms with Crippen molar-refractivity contribution in [2.75, 3.05) is 13.6 Å². The Morgan fingerprint density at radius 2 is 2.06 bits per heavy atom. The first-order chi connectivity index (χ1) is 15.2. The fourth-order valence-corrected chi connectivity index (χ4v) is 5.07. The third-order valence-corrected chi connectivity index (χ3v) is 6.65. The van der Waals surface area contributed by atoms with Gasteiger partial charge in [0.25, 0.3) is 0 Å². The van der Waals surface area contributed by atoms with Gasteiger partial charge >= 0.3 is 0 Å². The highest BCUT2D eigenvalue weighted by molar-refractivity contribution is 5.80. The van der Waals surface area contributed by atoms with Gasteiger partial charge in [-0.3, -0.25) is 4.99 Å². The second-order valence-corrected chi connectivity index (χ2v) is 8.83. The molecule has 2 N–H and O–H groups in total. The standard InChI is InChI=1S/C25H31N5O/c1-18-8-7-15-30-17-19(28-23(18)30)11-14-27-24(26-2)29-21-16-25(12-5-6-13-25)31-22-10-4-3-9-20(21)22/h3-4,7-10,15,17,21H,5-6,11-14,16H2,1-2H3,(H2,26,27,29). The van der Waals surface area contributed by atoms with Crippen molar-refractivity contribution in [3.63, 3.8) is 0 Å². The van der Waals surface area contributed by atoms with Crippen molar-refractivity contribution in [2.45, 2.75) is 57.1 Å². The molecule has 0 bridgehead atoms. The molecule has 2 aliphatic rings. The highest BCUT2D eigenvalue weighted by Crippen LogP contribution is 2.46. The van der Waals surface area contributed by atoms with Crippen LogP contribution in [0, 0.1) is 6.92 Å². The molecule has 31 heavy (non-hydrogen) atoms. The van der Waals surface area contributed by atoms with E-state index in [9.17, 15) is 0 Å². The van der Waals surface area contributed by atoms with Crippen LogP contribution in [-0.2, 0) is 6.42 Å². The fourth-order valence-electron chi connectivity index (χ4n) is 5.07. The number of nitrogens with one attached hydrogen (secondary N) is 2. The van der Waals surface area contributed by atoms with Crippen molar-refractivity contribution >= 4 is 11.6 Å². The second-order valence-electron chi connectivity index (χ2n) is 8.83. The molecule has 1 aliphatic carbocycles. The van der Waals surface area contributed by atoms with Crippen molar-refractivity contribution in [3.05, 3.63) is 65.6 Å². The Morgan fingerprint density at radius 1 is 1.23 bits per heavy atom. The Bertz CT molecular complexity index is 1100. The Hall–Kier alpha value is -3.02. The summed E-state index contributed by atoms with van der Waals surface area (Å²) in [6, 6.07) is 12.8. The van der Waals surface area contributed by atoms with Crippen LogP contribution in [0.3, 0.4) is 0 Å². The smallest absolute Gasteiger partial charge is 0.191 e. The maximum atomic E-state index is 6.49. The summed E-state index contributed by atoms with van der Waals surface area (Å²) in [6.07, 6.45) is 10.8. The maximum Gasteiger partial charge on any atom is 0.191 e. The van der Waals surface area contributed by atoms with Gasteiger partial charge in [-0.15, -0.1) is 0 Å². The number of fused-ring (bicyclic) bond motifs is 2. The van der Waals surface area contributed by atoms with Gasteiger partial charge < -0.3 is 19.8 Å². The van der Waals surface area contributed by atoms with Crippen LogP contribution in [0.5, 0.6) is 5.75 Å². The number of ether oxygens (including phenoxy) is 1. The van der Waals surface area contributed by atoms with Gasteiger partial charge in [-0.1, -0.05) is 24.3 Å². The topological polar surface area (TPSA) is 63.0 Å². The van der Waals surface area contributed by atoms with Crippen molar-refractivity contribution < 1.29 is 4.74 Å². The number of hydrogen-bond donors (Lipinski definition) is 2. The molecule has 1 aromatic carbocycles. The number of para-hydroxylation sites is 1. The number of imidazole rings is 1. The predicted molar refractivity (Wildman–Crippen MR) is 124 cm³/mol. The monoisotopic (exact) mass is 417 g/mol. The van der Waals surface area contributed by atoms with Crippen LogP contribution in [-0.4, -0.2) is 34.5 Å². The molecule has 1 saturated carbocycles. The van der Waals surface area contributed by atoms with Gasteiger partial charge in [-0.05, 0) is 50.3 Å². The number of benzene rings is 1. The number of aryl methyl sites for hydroxylation is 1. The summed E-state index contributed by atoms with van der Waals surface area (Å²) in [6.45, 7) is 2.87. The number of nitrogens with zero attached hydrogens (tertiary/aromatic N) is 3. The van der Waals surface area contributed by atoms with Crippen LogP contribution in [0.15, 0.2) is 53.8 Å². The third-order valence-electron chi connectivity index (χ3n) is 6.65. The number of hydrogen-bond acceptors (Lipinski definition) is 3. The fraction of sp³-hybridized carbons (Fsp3) is 0.440. The van der Waals surface area contributed by atoms with Crippen LogP contribution in [0.1, 0.15) is 55.0 Å². The van der Waals surface area contributed by atoms with E-state index in [1.807, 2.05) is 13.2 Å². The highest BCUT2D eigenvalue weighted by Gasteiger charge is 2.43. The molecule has 1 unspecified atom stereocenters. The van der Waals surface area contributed by atoms with Gasteiger partial charge in [0, 0.05) is 44.4 Å². The van der Waals surface area contributed by atoms with Gasteiger partial charge in [0.2, 0.25) is 0 Å². The lowest BCUT2D eigenvalue weighted by Crippen LogP contribution is -2.47. The van der Waals surface area contributed by atoms with E-state index in [1.54, 1.807) is 0 Å². The van der Waals surface area contributed by atoms with E-state index in [2.05, 4.69) is 69.5 Å². The molecule has 6 heteroatoms. The van der Waals surface area contributed by atoms with Crippen LogP contribution in [0.2, 0.25) is 0 Å². The summed E-state index contributed by atoms with van der Waals surface area (Å²) in [7, 11) is 1.83. The lowest BCUT2D eigenvalue weighted by atomic mass is 9.86. The molecule has 162 valence electrons. The number of pyridine rings is 1. The quantitative estimate of drug-likeness (QED) is 0.494. The molecule has 3 heterocycles. The van der Waals surface area contributed by atoms with Gasteiger partial charge in [-0.25, -0.2) is 4.98 Å². The number of guanidine groups is 1. The largest absolute Gasteiger partial charge is 0.487 e. The van der Waals surface area contributed by atoms with E-state index in [0.717, 1.165) is 55.3 Å². The molecule has 1 spiro atoms. The van der Waals surface area contributed by atoms with Crippen molar-refractivity contribution in [1.82, 2.24) is 20.0 Å². The molecule has 1 fully saturated rings. The third kappa shape index (κ3) is 3.99. The highest BCUT2D eigenvalue weighted by atomic mass is 16.5. The SMILES string of the molecule is CN=C(NCCc1cn2cccc(C)c2n1)NC1CC2(CCCC2)Oc2ccccc21. The van der Waals surface area contributed by atoms with Gasteiger partial charge in [0.1, 0.15) is 17.0 Å². The summed E-state index contributed by atoms with van der Waals surface area (Å²) in [5, 5.41) is 7.15. The number of rotatable bonds is 4. The van der Waals surface area contributed by atoms with Gasteiger partial charge in [-0.2, -0.15) is 0 Å². The Balaban J connectivity index is 1.25. The zero-order valence-electron chi connectivity index (χ0n) is 18.4. The average molecular weight is 418 g/mol. The molecule has 3 aromatic rings. The summed E-state index contributed by atoms with van der Waals surface area (Å²) in [5.74, 6) is 1.85. The second kappa shape index (κ2) is 8.25. The molecule has 6 nitrogen and oxygen atoms in total. The summed E-state index contributed by atoms with van der Waals surface area (Å²) < 4.78 is 8.59. The van der Waals surface area contributed by atoms with E-state index < -0.39 is 0 Å². The number of aromatic nitrogens is 2. The molecule has 0 saturated heterocycles. The van der Waals surface area contributed by atoms with Crippen LogP contribution in [0.4, 0.5) is 0 Å². The van der Waals surface area contributed by atoms with E-state index in [0.29, 0.717) is 0 Å². The maximum absolute atomic E-state index is 6.49. The zero-order chi connectivity index (χ0) is 21.3. The molecular formula is C25H31N5O. The Labute approximate surface area is 183 Å². The minimum absolute atomic E-state index is 0.0285.